The standard InChI is InChI=1S/C28H23N9O7/c29-18-10-19-34-16(26(41)35-21(25(31)40)13-4-6-14(7-5-13)28(43)44)9-17(37(19)36-18)27(42)32-11-12-2-1-3-15(8-12)33-22-20(30)23(38)24(22)39/h1-10,21,33H,11,30H2,(H2,29,36)(H2,31,40)(H,32,42)(H,35,41)(H,43,44)/t21-/m1/s1. The van der Waals surface area contributed by atoms with Crippen LogP contribution in [-0.2, 0) is 11.3 Å². The molecule has 5 rings (SSSR count). The molecule has 2 aromatic heterocycles. The molecule has 0 aliphatic rings. The van der Waals surface area contributed by atoms with Crippen LogP contribution in [0.1, 0.15) is 48.5 Å². The Morgan fingerprint density at radius 3 is 2.32 bits per heavy atom. The van der Waals surface area contributed by atoms with Gasteiger partial charge in [-0.05, 0) is 35.4 Å². The summed E-state index contributed by atoms with van der Waals surface area (Å²) in [5.74, 6) is -3.58. The minimum Gasteiger partial charge on any atom is -0.478 e. The van der Waals surface area contributed by atoms with E-state index in [4.69, 9.17) is 22.3 Å². The molecule has 0 saturated heterocycles. The van der Waals surface area contributed by atoms with Gasteiger partial charge in [-0.2, -0.15) is 0 Å². The van der Waals surface area contributed by atoms with Gasteiger partial charge in [0.25, 0.3) is 22.7 Å². The number of carboxylic acid groups (broad SMARTS) is 1. The van der Waals surface area contributed by atoms with E-state index in [9.17, 15) is 28.8 Å². The lowest BCUT2D eigenvalue weighted by molar-refractivity contribution is -0.120. The molecule has 0 radical (unpaired) electrons. The van der Waals surface area contributed by atoms with E-state index in [1.165, 1.54) is 30.3 Å². The van der Waals surface area contributed by atoms with E-state index >= 15 is 0 Å². The number of rotatable bonds is 10. The van der Waals surface area contributed by atoms with E-state index in [-0.39, 0.29) is 51.9 Å². The predicted molar refractivity (Wildman–Crippen MR) is 157 cm³/mol. The number of aromatic carboxylic acids is 1. The predicted octanol–water partition coefficient (Wildman–Crippen LogP) is -0.182. The maximum atomic E-state index is 13.3. The van der Waals surface area contributed by atoms with Crippen LogP contribution in [0.4, 0.5) is 22.9 Å². The third kappa shape index (κ3) is 5.62. The molecule has 0 unspecified atom stereocenters. The number of carbonyl (C=O) groups is 4. The third-order valence-electron chi connectivity index (χ3n) is 6.56. The van der Waals surface area contributed by atoms with E-state index in [0.29, 0.717) is 11.3 Å². The molecule has 0 bridgehead atoms. The average molecular weight is 598 g/mol. The Morgan fingerprint density at radius 2 is 1.66 bits per heavy atom. The van der Waals surface area contributed by atoms with Crippen LogP contribution >= 0.6 is 0 Å². The minimum atomic E-state index is -1.34. The van der Waals surface area contributed by atoms with Crippen LogP contribution in [0.15, 0.2) is 70.3 Å². The van der Waals surface area contributed by atoms with Gasteiger partial charge in [-0.3, -0.25) is 24.0 Å². The summed E-state index contributed by atoms with van der Waals surface area (Å²) in [6.07, 6.45) is 0. The number of amides is 3. The van der Waals surface area contributed by atoms with Crippen LogP contribution in [-0.4, -0.2) is 43.4 Å². The Balaban J connectivity index is 1.36. The summed E-state index contributed by atoms with van der Waals surface area (Å²) in [5, 5.41) is 21.1. The molecule has 1 atom stereocenters. The Morgan fingerprint density at radius 1 is 0.932 bits per heavy atom. The second-order valence-corrected chi connectivity index (χ2v) is 9.56. The highest BCUT2D eigenvalue weighted by Gasteiger charge is 2.25. The molecule has 0 saturated carbocycles. The van der Waals surface area contributed by atoms with Gasteiger partial charge in [-0.15, -0.1) is 5.10 Å². The molecule has 0 aliphatic carbocycles. The number of carbonyl (C=O) groups excluding carboxylic acids is 3. The SMILES string of the molecule is NC(=O)[C@H](NC(=O)c1cc(C(=O)NCc2cccc(Nc3c(N)c(=O)c3=O)c2)n2nc(N)cc2n1)c1ccc(C(=O)O)cc1. The van der Waals surface area contributed by atoms with Crippen LogP contribution in [0.3, 0.4) is 0 Å². The van der Waals surface area contributed by atoms with Gasteiger partial charge in [0.1, 0.15) is 34.6 Å². The number of aromatic nitrogens is 3. The van der Waals surface area contributed by atoms with Crippen molar-refractivity contribution in [1.29, 1.82) is 0 Å². The second kappa shape index (κ2) is 11.4. The number of primary amides is 1. The van der Waals surface area contributed by atoms with E-state index in [1.54, 1.807) is 24.3 Å². The van der Waals surface area contributed by atoms with Crippen LogP contribution < -0.4 is 44.0 Å². The number of anilines is 4. The Kier molecular flexibility index (Phi) is 7.47. The monoisotopic (exact) mass is 597 g/mol. The van der Waals surface area contributed by atoms with Crippen molar-refractivity contribution in [1.82, 2.24) is 25.2 Å². The maximum Gasteiger partial charge on any atom is 0.335 e. The van der Waals surface area contributed by atoms with Gasteiger partial charge in [-0.25, -0.2) is 14.3 Å². The molecule has 10 N–H and O–H groups in total. The molecule has 3 aromatic carbocycles. The van der Waals surface area contributed by atoms with E-state index in [0.717, 1.165) is 10.6 Å². The largest absolute Gasteiger partial charge is 0.478 e. The molecular formula is C28H23N9O7. The average Bonchev–Trinajstić information content (AvgIpc) is 3.40. The van der Waals surface area contributed by atoms with Crippen molar-refractivity contribution in [2.24, 2.45) is 5.73 Å². The van der Waals surface area contributed by atoms with Gasteiger partial charge in [-0.1, -0.05) is 24.3 Å². The van der Waals surface area contributed by atoms with Gasteiger partial charge in [0.15, 0.2) is 5.65 Å². The number of hydrogen-bond donors (Lipinski definition) is 7. The maximum absolute atomic E-state index is 13.3. The molecule has 222 valence electrons. The Bertz CT molecular complexity index is 2040. The third-order valence-corrected chi connectivity index (χ3v) is 6.56. The van der Waals surface area contributed by atoms with Crippen LogP contribution in [0.5, 0.6) is 0 Å². The lowest BCUT2D eigenvalue weighted by Crippen LogP contribution is -2.38. The van der Waals surface area contributed by atoms with E-state index < -0.39 is 40.6 Å². The normalized spacial score (nSPS) is 11.6. The molecule has 3 amide bonds. The fraction of sp³-hybridized carbons (Fsp3) is 0.0714. The van der Waals surface area contributed by atoms with Crippen LogP contribution in [0, 0.1) is 0 Å². The lowest BCUT2D eigenvalue weighted by atomic mass is 10.0. The highest BCUT2D eigenvalue weighted by molar-refractivity contribution is 6.00. The van der Waals surface area contributed by atoms with Crippen molar-refractivity contribution in [3.05, 3.63) is 109 Å². The fourth-order valence-electron chi connectivity index (χ4n) is 4.32. The van der Waals surface area contributed by atoms with Gasteiger partial charge >= 0.3 is 5.97 Å². The van der Waals surface area contributed by atoms with Crippen molar-refractivity contribution in [3.8, 4) is 0 Å². The summed E-state index contributed by atoms with van der Waals surface area (Å²) in [6, 6.07) is 13.0. The lowest BCUT2D eigenvalue weighted by Gasteiger charge is -2.16. The van der Waals surface area contributed by atoms with Crippen LogP contribution in [0.2, 0.25) is 0 Å². The topological polar surface area (TPSA) is 267 Å². The number of nitrogens with zero attached hydrogens (tertiary/aromatic N) is 3. The second-order valence-electron chi connectivity index (χ2n) is 9.56. The fourth-order valence-corrected chi connectivity index (χ4v) is 4.32. The van der Waals surface area contributed by atoms with Gasteiger partial charge in [0.05, 0.1) is 5.56 Å². The molecule has 0 spiro atoms. The molecule has 5 aromatic rings. The summed E-state index contributed by atoms with van der Waals surface area (Å²) in [5.41, 5.74) is 16.2. The van der Waals surface area contributed by atoms with Gasteiger partial charge in [0, 0.05) is 24.4 Å². The van der Waals surface area contributed by atoms with E-state index in [1.807, 2.05) is 0 Å². The number of carboxylic acids is 1. The summed E-state index contributed by atoms with van der Waals surface area (Å²) >= 11 is 0. The zero-order valence-electron chi connectivity index (χ0n) is 22.5. The first-order chi connectivity index (χ1) is 20.9. The zero-order valence-corrected chi connectivity index (χ0v) is 22.5. The molecule has 16 heteroatoms. The number of benzene rings is 2. The first-order valence-electron chi connectivity index (χ1n) is 12.8. The van der Waals surface area contributed by atoms with Crippen molar-refractivity contribution >= 4 is 52.2 Å². The number of nitrogens with one attached hydrogen (secondary N) is 3. The molecule has 2 heterocycles. The van der Waals surface area contributed by atoms with Crippen molar-refractivity contribution < 1.29 is 24.3 Å². The van der Waals surface area contributed by atoms with Crippen molar-refractivity contribution in [3.63, 3.8) is 0 Å². The highest BCUT2D eigenvalue weighted by atomic mass is 16.4. The molecular weight excluding hydrogens is 574 g/mol. The summed E-state index contributed by atoms with van der Waals surface area (Å²) in [6.45, 7) is 0.00788. The summed E-state index contributed by atoms with van der Waals surface area (Å²) < 4.78 is 1.14. The van der Waals surface area contributed by atoms with Crippen molar-refractivity contribution in [2.75, 3.05) is 16.8 Å². The number of nitrogen functional groups attached to an aromatic ring is 2. The Labute approximate surface area is 246 Å². The molecule has 16 nitrogen and oxygen atoms in total. The van der Waals surface area contributed by atoms with Crippen LogP contribution in [0.25, 0.3) is 5.65 Å². The molecule has 0 aliphatic heterocycles. The summed E-state index contributed by atoms with van der Waals surface area (Å²) in [7, 11) is 0. The smallest absolute Gasteiger partial charge is 0.335 e. The van der Waals surface area contributed by atoms with Gasteiger partial charge < -0.3 is 38.3 Å². The number of fused-ring (bicyclic) bond motifs is 1. The first kappa shape index (κ1) is 28.9. The Hall–Kier alpha value is -6.58. The van der Waals surface area contributed by atoms with Gasteiger partial charge in [0.2, 0.25) is 5.91 Å². The van der Waals surface area contributed by atoms with E-state index in [2.05, 4.69) is 26.0 Å². The summed E-state index contributed by atoms with van der Waals surface area (Å²) in [4.78, 5) is 77.1. The minimum absolute atomic E-state index is 0.00621. The number of nitrogens with two attached hydrogens (primary N) is 3. The molecule has 0 fully saturated rings. The number of hydrogen-bond acceptors (Lipinski definition) is 11. The first-order valence-corrected chi connectivity index (χ1v) is 12.8. The zero-order chi connectivity index (χ0) is 31.7. The quantitative estimate of drug-likeness (QED) is 0.103. The molecule has 44 heavy (non-hydrogen) atoms. The van der Waals surface area contributed by atoms with Crippen molar-refractivity contribution in [2.45, 2.75) is 12.6 Å². The highest BCUT2D eigenvalue weighted by Crippen LogP contribution is 2.20.